The highest BCUT2D eigenvalue weighted by atomic mass is 15.1. The highest BCUT2D eigenvalue weighted by Crippen LogP contribution is 2.34. The first-order valence-corrected chi connectivity index (χ1v) is 9.38. The number of nitrogens with zero attached hydrogens (tertiary/aromatic N) is 3. The van der Waals surface area contributed by atoms with Gasteiger partial charge in [-0.05, 0) is 60.2 Å². The zero-order valence-corrected chi connectivity index (χ0v) is 15.8. The van der Waals surface area contributed by atoms with Crippen molar-refractivity contribution in [2.45, 2.75) is 0 Å². The summed E-state index contributed by atoms with van der Waals surface area (Å²) >= 11 is 0. The van der Waals surface area contributed by atoms with Crippen molar-refractivity contribution >= 4 is 28.7 Å². The molecule has 0 bridgehead atoms. The van der Waals surface area contributed by atoms with Gasteiger partial charge in [0.1, 0.15) is 6.07 Å². The summed E-state index contributed by atoms with van der Waals surface area (Å²) < 4.78 is 0. The molecule has 3 heteroatoms. The number of benzene rings is 3. The Morgan fingerprint density at radius 3 is 1.76 bits per heavy atom. The topological polar surface area (TPSA) is 39.9 Å². The molecule has 0 spiro atoms. The van der Waals surface area contributed by atoms with Gasteiger partial charge < -0.3 is 4.90 Å². The molecule has 1 aromatic heterocycles. The van der Waals surface area contributed by atoms with Crippen LogP contribution < -0.4 is 4.90 Å². The number of allylic oxidation sites excluding steroid dienone is 1. The van der Waals surface area contributed by atoms with Gasteiger partial charge in [0.25, 0.3) is 0 Å². The van der Waals surface area contributed by atoms with Crippen molar-refractivity contribution in [1.82, 2.24) is 4.98 Å². The highest BCUT2D eigenvalue weighted by Gasteiger charge is 2.11. The van der Waals surface area contributed by atoms with Crippen LogP contribution in [0.3, 0.4) is 0 Å². The third-order valence-electron chi connectivity index (χ3n) is 4.55. The van der Waals surface area contributed by atoms with Gasteiger partial charge in [0.15, 0.2) is 0 Å². The number of hydrogen-bond acceptors (Lipinski definition) is 3. The van der Waals surface area contributed by atoms with Gasteiger partial charge in [-0.25, -0.2) is 0 Å². The third kappa shape index (κ3) is 4.23. The molecule has 0 N–H and O–H groups in total. The quantitative estimate of drug-likeness (QED) is 0.369. The molecule has 0 saturated heterocycles. The van der Waals surface area contributed by atoms with Crippen LogP contribution in [0.4, 0.5) is 17.1 Å². The van der Waals surface area contributed by atoms with Crippen LogP contribution in [0.15, 0.2) is 109 Å². The van der Waals surface area contributed by atoms with Gasteiger partial charge in [0.2, 0.25) is 0 Å². The summed E-state index contributed by atoms with van der Waals surface area (Å²) in [6.45, 7) is 0. The lowest BCUT2D eigenvalue weighted by molar-refractivity contribution is 1.28. The summed E-state index contributed by atoms with van der Waals surface area (Å²) in [5, 5.41) is 9.51. The minimum absolute atomic E-state index is 0.543. The normalized spacial score (nSPS) is 10.9. The minimum Gasteiger partial charge on any atom is -0.311 e. The van der Waals surface area contributed by atoms with E-state index in [1.807, 2.05) is 72.8 Å². The minimum atomic E-state index is 0.543. The molecular weight excluding hydrogens is 354 g/mol. The molecule has 29 heavy (non-hydrogen) atoms. The first-order valence-electron chi connectivity index (χ1n) is 9.38. The lowest BCUT2D eigenvalue weighted by atomic mass is 10.1. The van der Waals surface area contributed by atoms with Gasteiger partial charge in [-0.2, -0.15) is 5.26 Å². The molecular formula is C26H19N3. The summed E-state index contributed by atoms with van der Waals surface area (Å²) in [5.41, 5.74) is 5.41. The smallest absolute Gasteiger partial charge is 0.101 e. The maximum Gasteiger partial charge on any atom is 0.101 e. The molecule has 3 nitrogen and oxygen atoms in total. The van der Waals surface area contributed by atoms with Crippen molar-refractivity contribution in [3.05, 3.63) is 121 Å². The third-order valence-corrected chi connectivity index (χ3v) is 4.55. The molecule has 3 aromatic carbocycles. The molecule has 0 fully saturated rings. The van der Waals surface area contributed by atoms with Crippen LogP contribution in [0, 0.1) is 11.3 Å². The monoisotopic (exact) mass is 373 g/mol. The predicted octanol–water partition coefficient (Wildman–Crippen LogP) is 6.62. The molecule has 0 radical (unpaired) electrons. The Morgan fingerprint density at radius 1 is 0.690 bits per heavy atom. The van der Waals surface area contributed by atoms with E-state index in [2.05, 4.69) is 52.4 Å². The second kappa shape index (κ2) is 8.69. The first kappa shape index (κ1) is 18.2. The van der Waals surface area contributed by atoms with Gasteiger partial charge in [0, 0.05) is 23.3 Å². The van der Waals surface area contributed by atoms with Gasteiger partial charge in [0.05, 0.1) is 11.3 Å². The van der Waals surface area contributed by atoms with Crippen LogP contribution in [-0.4, -0.2) is 4.98 Å². The molecule has 0 aliphatic rings. The number of para-hydroxylation sites is 2. The van der Waals surface area contributed by atoms with Crippen molar-refractivity contribution in [2.75, 3.05) is 4.90 Å². The number of pyridine rings is 1. The summed E-state index contributed by atoms with van der Waals surface area (Å²) in [4.78, 5) is 6.48. The Bertz CT molecular complexity index is 1090. The van der Waals surface area contributed by atoms with E-state index in [1.165, 1.54) is 0 Å². The zero-order chi connectivity index (χ0) is 19.9. The average molecular weight is 373 g/mol. The van der Waals surface area contributed by atoms with Crippen LogP contribution in [0.25, 0.3) is 11.6 Å². The van der Waals surface area contributed by atoms with Crippen LogP contribution >= 0.6 is 0 Å². The predicted molar refractivity (Wildman–Crippen MR) is 119 cm³/mol. The van der Waals surface area contributed by atoms with Gasteiger partial charge in [-0.3, -0.25) is 4.98 Å². The number of hydrogen-bond donors (Lipinski definition) is 0. The second-order valence-corrected chi connectivity index (χ2v) is 6.48. The molecule has 138 valence electrons. The first-order chi connectivity index (χ1) is 14.3. The highest BCUT2D eigenvalue weighted by molar-refractivity contribution is 5.88. The van der Waals surface area contributed by atoms with Gasteiger partial charge in [-0.15, -0.1) is 0 Å². The van der Waals surface area contributed by atoms with Crippen LogP contribution in [0.1, 0.15) is 11.3 Å². The molecule has 1 heterocycles. The summed E-state index contributed by atoms with van der Waals surface area (Å²) in [6.07, 6.45) is 3.56. The Labute approximate surface area is 170 Å². The van der Waals surface area contributed by atoms with Crippen molar-refractivity contribution in [3.63, 3.8) is 0 Å². The summed E-state index contributed by atoms with van der Waals surface area (Å²) in [6, 6.07) is 36.5. The fourth-order valence-electron chi connectivity index (χ4n) is 3.17. The van der Waals surface area contributed by atoms with E-state index in [-0.39, 0.29) is 0 Å². The second-order valence-electron chi connectivity index (χ2n) is 6.48. The van der Waals surface area contributed by atoms with E-state index in [0.717, 1.165) is 22.6 Å². The molecule has 0 saturated carbocycles. The molecule has 0 aliphatic carbocycles. The number of aromatic nitrogens is 1. The Kier molecular flexibility index (Phi) is 5.46. The van der Waals surface area contributed by atoms with E-state index in [4.69, 9.17) is 0 Å². The number of rotatable bonds is 5. The SMILES string of the molecule is N#CC(=Cc1ccc(N(c2ccccc2)c2ccccc2)cc1)c1ccccn1. The van der Waals surface area contributed by atoms with Crippen LogP contribution in [0.5, 0.6) is 0 Å². The van der Waals surface area contributed by atoms with Gasteiger partial charge >= 0.3 is 0 Å². The molecule has 4 aromatic rings. The van der Waals surface area contributed by atoms with E-state index in [0.29, 0.717) is 11.3 Å². The van der Waals surface area contributed by atoms with E-state index < -0.39 is 0 Å². The Balaban J connectivity index is 1.70. The zero-order valence-electron chi connectivity index (χ0n) is 15.8. The fourth-order valence-corrected chi connectivity index (χ4v) is 3.17. The molecule has 4 rings (SSSR count). The molecule has 0 amide bonds. The van der Waals surface area contributed by atoms with E-state index in [1.54, 1.807) is 6.20 Å². The van der Waals surface area contributed by atoms with Crippen molar-refractivity contribution in [3.8, 4) is 6.07 Å². The molecule has 0 atom stereocenters. The maximum atomic E-state index is 9.51. The lowest BCUT2D eigenvalue weighted by Crippen LogP contribution is -2.09. The lowest BCUT2D eigenvalue weighted by Gasteiger charge is -2.25. The van der Waals surface area contributed by atoms with E-state index >= 15 is 0 Å². The largest absolute Gasteiger partial charge is 0.311 e. The van der Waals surface area contributed by atoms with Crippen LogP contribution in [0.2, 0.25) is 0 Å². The Hall–Kier alpha value is -4.16. The fraction of sp³-hybridized carbons (Fsp3) is 0. The molecule has 0 aliphatic heterocycles. The van der Waals surface area contributed by atoms with Crippen molar-refractivity contribution < 1.29 is 0 Å². The number of anilines is 3. The maximum absolute atomic E-state index is 9.51. The number of nitriles is 1. The standard InChI is InChI=1S/C26H19N3/c27-20-22(26-13-7-8-18-28-26)19-21-14-16-25(17-15-21)29(23-9-3-1-4-10-23)24-11-5-2-6-12-24/h1-19H. The van der Waals surface area contributed by atoms with Crippen molar-refractivity contribution in [2.24, 2.45) is 0 Å². The van der Waals surface area contributed by atoms with Gasteiger partial charge in [-0.1, -0.05) is 54.6 Å². The van der Waals surface area contributed by atoms with E-state index in [9.17, 15) is 5.26 Å². The average Bonchev–Trinajstić information content (AvgIpc) is 2.81. The van der Waals surface area contributed by atoms with Crippen LogP contribution in [-0.2, 0) is 0 Å². The molecule has 0 unspecified atom stereocenters. The summed E-state index contributed by atoms with van der Waals surface area (Å²) in [7, 11) is 0. The summed E-state index contributed by atoms with van der Waals surface area (Å²) in [5.74, 6) is 0. The van der Waals surface area contributed by atoms with Crippen molar-refractivity contribution in [1.29, 1.82) is 5.26 Å². The Morgan fingerprint density at radius 2 is 1.24 bits per heavy atom.